The van der Waals surface area contributed by atoms with Crippen molar-refractivity contribution in [1.29, 1.82) is 0 Å². The van der Waals surface area contributed by atoms with Crippen LogP contribution in [0, 0.1) is 0 Å². The van der Waals surface area contributed by atoms with Gasteiger partial charge in [-0.3, -0.25) is 0 Å². The molecule has 31 heavy (non-hydrogen) atoms. The summed E-state index contributed by atoms with van der Waals surface area (Å²) in [6.45, 7) is 0. The summed E-state index contributed by atoms with van der Waals surface area (Å²) in [7, 11) is -2.12. The number of nitrogens with one attached hydrogen (secondary N) is 2. The van der Waals surface area contributed by atoms with E-state index in [0.717, 1.165) is 6.42 Å². The van der Waals surface area contributed by atoms with Crippen LogP contribution < -0.4 is 16.4 Å². The molecule has 8 nitrogen and oxygen atoms in total. The maximum atomic E-state index is 13.5. The summed E-state index contributed by atoms with van der Waals surface area (Å²) in [6.07, 6.45) is 1.76. The van der Waals surface area contributed by atoms with Gasteiger partial charge < -0.3 is 16.4 Å². The first-order valence-electron chi connectivity index (χ1n) is 9.90. The maximum Gasteiger partial charge on any atom is 0.318 e. The van der Waals surface area contributed by atoms with E-state index in [1.165, 1.54) is 7.05 Å². The van der Waals surface area contributed by atoms with E-state index in [0.29, 0.717) is 35.6 Å². The highest BCUT2D eigenvalue weighted by molar-refractivity contribution is 7.92. The summed E-state index contributed by atoms with van der Waals surface area (Å²) in [5.41, 5.74) is 7.75. The van der Waals surface area contributed by atoms with Gasteiger partial charge in [-0.2, -0.15) is 0 Å². The van der Waals surface area contributed by atoms with Crippen LogP contribution >= 0.6 is 0 Å². The molecule has 0 saturated heterocycles. The van der Waals surface area contributed by atoms with Crippen LogP contribution in [0.25, 0.3) is 11.4 Å². The minimum absolute atomic E-state index is 0.210. The van der Waals surface area contributed by atoms with Crippen molar-refractivity contribution < 1.29 is 13.2 Å². The third kappa shape index (κ3) is 3.72. The topological polar surface area (TPSA) is 127 Å². The smallest absolute Gasteiger partial charge is 0.318 e. The summed E-state index contributed by atoms with van der Waals surface area (Å²) in [5, 5.41) is 5.16. The Bertz CT molecular complexity index is 1210. The van der Waals surface area contributed by atoms with Crippen molar-refractivity contribution in [2.45, 2.75) is 28.9 Å². The second-order valence-corrected chi connectivity index (χ2v) is 9.71. The van der Waals surface area contributed by atoms with Crippen molar-refractivity contribution in [3.8, 4) is 11.4 Å². The average molecular weight is 438 g/mol. The molecule has 0 unspecified atom stereocenters. The van der Waals surface area contributed by atoms with Crippen LogP contribution in [0.1, 0.15) is 25.0 Å². The minimum Gasteiger partial charge on any atom is -0.384 e. The number of rotatable bonds is 5. The molecule has 1 aliphatic carbocycles. The van der Waals surface area contributed by atoms with Gasteiger partial charge in [0.15, 0.2) is 15.7 Å². The molecule has 0 aliphatic heterocycles. The largest absolute Gasteiger partial charge is 0.384 e. The zero-order valence-electron chi connectivity index (χ0n) is 17.0. The molecule has 9 heteroatoms. The fourth-order valence-electron chi connectivity index (χ4n) is 3.71. The van der Waals surface area contributed by atoms with Crippen molar-refractivity contribution in [3.63, 3.8) is 0 Å². The molecule has 1 aromatic heterocycles. The fraction of sp³-hybridized carbons (Fsp3) is 0.227. The molecule has 0 radical (unpaired) electrons. The van der Waals surface area contributed by atoms with Gasteiger partial charge >= 0.3 is 6.03 Å². The number of amides is 2. The SMILES string of the molecule is CNC(=O)Nc1ccc(-c2nc(N)cc(C3(S(=O)(=O)c4ccccc4)CCC3)n2)cc1. The first kappa shape index (κ1) is 20.8. The number of aromatic nitrogens is 2. The molecule has 1 aliphatic rings. The Morgan fingerprint density at radius 1 is 1.03 bits per heavy atom. The van der Waals surface area contributed by atoms with E-state index in [9.17, 15) is 13.2 Å². The van der Waals surface area contributed by atoms with Gasteiger partial charge in [-0.25, -0.2) is 23.2 Å². The molecule has 0 spiro atoms. The predicted molar refractivity (Wildman–Crippen MR) is 119 cm³/mol. The van der Waals surface area contributed by atoms with Crippen LogP contribution in [-0.4, -0.2) is 31.5 Å². The van der Waals surface area contributed by atoms with Crippen LogP contribution in [0.4, 0.5) is 16.3 Å². The lowest BCUT2D eigenvalue weighted by atomic mass is 9.81. The van der Waals surface area contributed by atoms with Gasteiger partial charge in [0.25, 0.3) is 0 Å². The summed E-state index contributed by atoms with van der Waals surface area (Å²) < 4.78 is 25.9. The quantitative estimate of drug-likeness (QED) is 0.562. The van der Waals surface area contributed by atoms with Gasteiger partial charge in [-0.15, -0.1) is 0 Å². The van der Waals surface area contributed by atoms with Crippen molar-refractivity contribution in [2.75, 3.05) is 18.1 Å². The second kappa shape index (κ2) is 7.99. The number of nitrogen functional groups attached to an aromatic ring is 1. The molecule has 2 amide bonds. The third-order valence-corrected chi connectivity index (χ3v) is 8.11. The van der Waals surface area contributed by atoms with E-state index in [1.54, 1.807) is 60.7 Å². The van der Waals surface area contributed by atoms with Crippen LogP contribution in [0.5, 0.6) is 0 Å². The van der Waals surface area contributed by atoms with Crippen LogP contribution in [0.2, 0.25) is 0 Å². The van der Waals surface area contributed by atoms with Gasteiger partial charge in [0.05, 0.1) is 10.6 Å². The van der Waals surface area contributed by atoms with Gasteiger partial charge in [0.2, 0.25) is 0 Å². The summed E-state index contributed by atoms with van der Waals surface area (Å²) in [4.78, 5) is 20.7. The molecular weight excluding hydrogens is 414 g/mol. The highest BCUT2D eigenvalue weighted by Gasteiger charge is 2.52. The van der Waals surface area contributed by atoms with Gasteiger partial charge in [0.1, 0.15) is 10.6 Å². The second-order valence-electron chi connectivity index (χ2n) is 7.45. The van der Waals surface area contributed by atoms with E-state index in [-0.39, 0.29) is 16.7 Å². The standard InChI is InChI=1S/C22H23N5O3S/c1-24-21(28)25-16-10-8-15(9-11-16)20-26-18(14-19(23)27-20)22(12-5-13-22)31(29,30)17-6-3-2-4-7-17/h2-4,6-11,14H,5,12-13H2,1H3,(H2,23,26,27)(H2,24,25,28). The molecular formula is C22H23N5O3S. The summed E-state index contributed by atoms with van der Waals surface area (Å²) >= 11 is 0. The number of hydrogen-bond acceptors (Lipinski definition) is 6. The molecule has 3 aromatic rings. The number of urea groups is 1. The fourth-order valence-corrected chi connectivity index (χ4v) is 5.88. The van der Waals surface area contributed by atoms with Crippen LogP contribution in [0.3, 0.4) is 0 Å². The Kier molecular flexibility index (Phi) is 5.36. The van der Waals surface area contributed by atoms with Crippen LogP contribution in [-0.2, 0) is 14.6 Å². The highest BCUT2D eigenvalue weighted by Crippen LogP contribution is 2.50. The lowest BCUT2D eigenvalue weighted by Gasteiger charge is -2.40. The Morgan fingerprint density at radius 2 is 1.71 bits per heavy atom. The number of carbonyl (C=O) groups excluding carboxylic acids is 1. The number of hydrogen-bond donors (Lipinski definition) is 3. The highest BCUT2D eigenvalue weighted by atomic mass is 32.2. The lowest BCUT2D eigenvalue weighted by molar-refractivity contribution is 0.254. The van der Waals surface area contributed by atoms with Crippen molar-refractivity contribution >= 4 is 27.4 Å². The molecule has 4 rings (SSSR count). The molecule has 1 heterocycles. The number of anilines is 2. The third-order valence-electron chi connectivity index (χ3n) is 5.57. The van der Waals surface area contributed by atoms with E-state index in [1.807, 2.05) is 0 Å². The van der Waals surface area contributed by atoms with E-state index >= 15 is 0 Å². The molecule has 1 fully saturated rings. The van der Waals surface area contributed by atoms with Crippen molar-refractivity contribution in [1.82, 2.24) is 15.3 Å². The first-order chi connectivity index (χ1) is 14.9. The number of nitrogens with zero attached hydrogens (tertiary/aromatic N) is 2. The molecule has 1 saturated carbocycles. The van der Waals surface area contributed by atoms with E-state index < -0.39 is 14.6 Å². The number of carbonyl (C=O) groups is 1. The number of sulfone groups is 1. The Morgan fingerprint density at radius 3 is 2.29 bits per heavy atom. The minimum atomic E-state index is -3.66. The average Bonchev–Trinajstić information content (AvgIpc) is 2.73. The summed E-state index contributed by atoms with van der Waals surface area (Å²) in [6, 6.07) is 16.6. The first-order valence-corrected chi connectivity index (χ1v) is 11.4. The maximum absolute atomic E-state index is 13.5. The molecule has 0 bridgehead atoms. The Balaban J connectivity index is 1.73. The molecule has 4 N–H and O–H groups in total. The van der Waals surface area contributed by atoms with E-state index in [2.05, 4.69) is 20.6 Å². The predicted octanol–water partition coefficient (Wildman–Crippen LogP) is 3.33. The zero-order valence-corrected chi connectivity index (χ0v) is 17.8. The van der Waals surface area contributed by atoms with Gasteiger partial charge in [-0.05, 0) is 55.7 Å². The lowest BCUT2D eigenvalue weighted by Crippen LogP contribution is -2.43. The molecule has 2 aromatic carbocycles. The number of nitrogens with two attached hydrogens (primary N) is 1. The van der Waals surface area contributed by atoms with Crippen molar-refractivity contribution in [3.05, 3.63) is 66.4 Å². The Labute approximate surface area is 180 Å². The molecule has 0 atom stereocenters. The summed E-state index contributed by atoms with van der Waals surface area (Å²) in [5.74, 6) is 0.554. The zero-order chi connectivity index (χ0) is 22.1. The number of benzene rings is 2. The molecule has 160 valence electrons. The van der Waals surface area contributed by atoms with Crippen LogP contribution in [0.15, 0.2) is 65.6 Å². The normalized spacial score (nSPS) is 15.0. The van der Waals surface area contributed by atoms with E-state index in [4.69, 9.17) is 5.73 Å². The Hall–Kier alpha value is -3.46. The van der Waals surface area contributed by atoms with Gasteiger partial charge in [0, 0.05) is 24.4 Å². The monoisotopic (exact) mass is 437 g/mol. The van der Waals surface area contributed by atoms with Gasteiger partial charge in [-0.1, -0.05) is 18.2 Å². The van der Waals surface area contributed by atoms with Crippen molar-refractivity contribution in [2.24, 2.45) is 0 Å².